The lowest BCUT2D eigenvalue weighted by Crippen LogP contribution is -2.29. The maximum Gasteiger partial charge on any atom is 0.270 e. The molecule has 0 aliphatic rings. The first kappa shape index (κ1) is 19.3. The SMILES string of the molecule is O=C(c1cc2cc([N+](=O)[O-])ccc2s1)N(Cc1ccccc1)c1nc2ccccc2s1. The number of hydrogen-bond acceptors (Lipinski definition) is 6. The van der Waals surface area contributed by atoms with E-state index in [1.54, 1.807) is 17.0 Å². The lowest BCUT2D eigenvalue weighted by Gasteiger charge is -2.19. The van der Waals surface area contributed by atoms with Gasteiger partial charge < -0.3 is 0 Å². The number of fused-ring (bicyclic) bond motifs is 2. The van der Waals surface area contributed by atoms with Crippen molar-refractivity contribution in [2.45, 2.75) is 6.54 Å². The van der Waals surface area contributed by atoms with Gasteiger partial charge in [0.25, 0.3) is 11.6 Å². The van der Waals surface area contributed by atoms with Crippen LogP contribution in [-0.2, 0) is 6.54 Å². The quantitative estimate of drug-likeness (QED) is 0.236. The van der Waals surface area contributed by atoms with Gasteiger partial charge in [-0.15, -0.1) is 11.3 Å². The first-order valence-corrected chi connectivity index (χ1v) is 11.1. The van der Waals surface area contributed by atoms with Crippen molar-refractivity contribution in [2.75, 3.05) is 4.90 Å². The largest absolute Gasteiger partial charge is 0.279 e. The summed E-state index contributed by atoms with van der Waals surface area (Å²) in [6, 6.07) is 23.9. The number of carbonyl (C=O) groups is 1. The van der Waals surface area contributed by atoms with Crippen molar-refractivity contribution in [3.63, 3.8) is 0 Å². The lowest BCUT2D eigenvalue weighted by atomic mass is 10.2. The van der Waals surface area contributed by atoms with E-state index in [9.17, 15) is 14.9 Å². The van der Waals surface area contributed by atoms with E-state index in [0.717, 1.165) is 20.5 Å². The van der Waals surface area contributed by atoms with Crippen molar-refractivity contribution in [3.8, 4) is 0 Å². The van der Waals surface area contributed by atoms with E-state index in [4.69, 9.17) is 0 Å². The molecule has 152 valence electrons. The van der Waals surface area contributed by atoms with Crippen molar-refractivity contribution in [2.24, 2.45) is 0 Å². The average Bonchev–Trinajstić information content (AvgIpc) is 3.41. The first-order chi connectivity index (χ1) is 15.1. The number of para-hydroxylation sites is 1. The highest BCUT2D eigenvalue weighted by atomic mass is 32.1. The molecule has 31 heavy (non-hydrogen) atoms. The maximum absolute atomic E-state index is 13.6. The average molecular weight is 446 g/mol. The molecular weight excluding hydrogens is 430 g/mol. The number of benzene rings is 3. The molecular formula is C23H15N3O3S2. The molecule has 8 heteroatoms. The van der Waals surface area contributed by atoms with E-state index in [1.807, 2.05) is 54.6 Å². The zero-order chi connectivity index (χ0) is 21.4. The minimum Gasteiger partial charge on any atom is -0.279 e. The van der Waals surface area contributed by atoms with E-state index in [-0.39, 0.29) is 11.6 Å². The van der Waals surface area contributed by atoms with E-state index in [2.05, 4.69) is 4.98 Å². The van der Waals surface area contributed by atoms with Crippen LogP contribution in [0.3, 0.4) is 0 Å². The number of nitrogens with zero attached hydrogens (tertiary/aromatic N) is 3. The van der Waals surface area contributed by atoms with Gasteiger partial charge in [-0.1, -0.05) is 53.8 Å². The number of thiazole rings is 1. The Morgan fingerprint density at radius 3 is 2.48 bits per heavy atom. The molecule has 2 heterocycles. The third-order valence-corrected chi connectivity index (χ3v) is 7.03. The second-order valence-corrected chi connectivity index (χ2v) is 9.02. The van der Waals surface area contributed by atoms with Crippen molar-refractivity contribution in [3.05, 3.63) is 99.4 Å². The second kappa shape index (κ2) is 7.90. The van der Waals surface area contributed by atoms with Crippen LogP contribution in [0, 0.1) is 10.1 Å². The molecule has 0 aliphatic heterocycles. The standard InChI is InChI=1S/C23H15N3O3S2/c27-22(21-13-16-12-17(26(28)29)10-11-19(16)30-21)25(14-15-6-2-1-3-7-15)23-24-18-8-4-5-9-20(18)31-23/h1-13H,14H2. The van der Waals surface area contributed by atoms with Crippen LogP contribution in [-0.4, -0.2) is 15.8 Å². The molecule has 2 aromatic heterocycles. The number of carbonyl (C=O) groups excluding carboxylic acids is 1. The monoisotopic (exact) mass is 445 g/mol. The van der Waals surface area contributed by atoms with Crippen molar-refractivity contribution < 1.29 is 9.72 Å². The summed E-state index contributed by atoms with van der Waals surface area (Å²) in [6.45, 7) is 0.383. The van der Waals surface area contributed by atoms with Crippen LogP contribution in [0.5, 0.6) is 0 Å². The van der Waals surface area contributed by atoms with Gasteiger partial charge in [-0.3, -0.25) is 19.8 Å². The summed E-state index contributed by atoms with van der Waals surface area (Å²) in [6.07, 6.45) is 0. The molecule has 0 atom stereocenters. The van der Waals surface area contributed by atoms with Gasteiger partial charge in [-0.25, -0.2) is 4.98 Å². The number of anilines is 1. The normalized spacial score (nSPS) is 11.1. The summed E-state index contributed by atoms with van der Waals surface area (Å²) in [5.74, 6) is -0.174. The Morgan fingerprint density at radius 1 is 0.935 bits per heavy atom. The van der Waals surface area contributed by atoms with Gasteiger partial charge in [0, 0.05) is 22.2 Å². The third kappa shape index (κ3) is 3.78. The minimum atomic E-state index is -0.429. The second-order valence-electron chi connectivity index (χ2n) is 6.93. The van der Waals surface area contributed by atoms with Crippen LogP contribution < -0.4 is 4.90 Å². The van der Waals surface area contributed by atoms with E-state index in [1.165, 1.54) is 34.8 Å². The predicted octanol–water partition coefficient (Wildman–Crippen LogP) is 6.27. The van der Waals surface area contributed by atoms with Gasteiger partial charge in [-0.2, -0.15) is 0 Å². The maximum atomic E-state index is 13.6. The van der Waals surface area contributed by atoms with Crippen LogP contribution in [0.15, 0.2) is 78.9 Å². The number of hydrogen-bond donors (Lipinski definition) is 0. The number of aromatic nitrogens is 1. The highest BCUT2D eigenvalue weighted by Gasteiger charge is 2.24. The molecule has 5 aromatic rings. The van der Waals surface area contributed by atoms with E-state index in [0.29, 0.717) is 21.9 Å². The smallest absolute Gasteiger partial charge is 0.270 e. The van der Waals surface area contributed by atoms with Crippen molar-refractivity contribution >= 4 is 59.7 Å². The fraction of sp³-hybridized carbons (Fsp3) is 0.0435. The molecule has 0 aliphatic carbocycles. The topological polar surface area (TPSA) is 76.3 Å². The predicted molar refractivity (Wildman–Crippen MR) is 125 cm³/mol. The molecule has 0 unspecified atom stereocenters. The minimum absolute atomic E-state index is 0.0108. The summed E-state index contributed by atoms with van der Waals surface area (Å²) in [4.78, 5) is 31.1. The summed E-state index contributed by atoms with van der Waals surface area (Å²) in [5, 5.41) is 12.4. The molecule has 0 spiro atoms. The van der Waals surface area contributed by atoms with Crippen LogP contribution in [0.4, 0.5) is 10.8 Å². The number of non-ortho nitro benzene ring substituents is 1. The number of rotatable bonds is 5. The van der Waals surface area contributed by atoms with Gasteiger partial charge in [0.05, 0.1) is 26.6 Å². The Hall–Kier alpha value is -3.62. The molecule has 6 nitrogen and oxygen atoms in total. The van der Waals surface area contributed by atoms with Gasteiger partial charge in [0.1, 0.15) is 0 Å². The number of nitro groups is 1. The first-order valence-electron chi connectivity index (χ1n) is 9.48. The highest BCUT2D eigenvalue weighted by Crippen LogP contribution is 2.34. The summed E-state index contributed by atoms with van der Waals surface area (Å²) >= 11 is 2.80. The number of amides is 1. The van der Waals surface area contributed by atoms with Crippen LogP contribution in [0.1, 0.15) is 15.2 Å². The van der Waals surface area contributed by atoms with Crippen molar-refractivity contribution in [1.82, 2.24) is 4.98 Å². The Bertz CT molecular complexity index is 1390. The van der Waals surface area contributed by atoms with Crippen LogP contribution in [0.2, 0.25) is 0 Å². The number of thiophene rings is 1. The van der Waals surface area contributed by atoms with Gasteiger partial charge in [-0.05, 0) is 29.8 Å². The summed E-state index contributed by atoms with van der Waals surface area (Å²) in [7, 11) is 0. The zero-order valence-electron chi connectivity index (χ0n) is 16.1. The van der Waals surface area contributed by atoms with Crippen LogP contribution in [0.25, 0.3) is 20.3 Å². The fourth-order valence-electron chi connectivity index (χ4n) is 3.35. The molecule has 0 N–H and O–H groups in total. The summed E-state index contributed by atoms with van der Waals surface area (Å²) < 4.78 is 1.84. The Labute approximate surface area is 185 Å². The molecule has 0 fully saturated rings. The van der Waals surface area contributed by atoms with Crippen molar-refractivity contribution in [1.29, 1.82) is 0 Å². The fourth-order valence-corrected chi connectivity index (χ4v) is 5.31. The Balaban J connectivity index is 1.57. The van der Waals surface area contributed by atoms with Gasteiger partial charge in [0.2, 0.25) is 0 Å². The third-order valence-electron chi connectivity index (χ3n) is 4.86. The van der Waals surface area contributed by atoms with E-state index < -0.39 is 4.92 Å². The Morgan fingerprint density at radius 2 is 1.71 bits per heavy atom. The number of nitro benzene ring substituents is 1. The molecule has 0 saturated carbocycles. The van der Waals surface area contributed by atoms with E-state index >= 15 is 0 Å². The molecule has 5 rings (SSSR count). The molecule has 0 bridgehead atoms. The molecule has 0 saturated heterocycles. The van der Waals surface area contributed by atoms with Gasteiger partial charge >= 0.3 is 0 Å². The lowest BCUT2D eigenvalue weighted by molar-refractivity contribution is -0.384. The highest BCUT2D eigenvalue weighted by molar-refractivity contribution is 7.23. The molecule has 0 radical (unpaired) electrons. The zero-order valence-corrected chi connectivity index (χ0v) is 17.7. The van der Waals surface area contributed by atoms with Gasteiger partial charge in [0.15, 0.2) is 5.13 Å². The summed E-state index contributed by atoms with van der Waals surface area (Å²) in [5.41, 5.74) is 1.85. The van der Waals surface area contributed by atoms with Crippen LogP contribution >= 0.6 is 22.7 Å². The Kier molecular flexibility index (Phi) is 4.93. The molecule has 3 aromatic carbocycles. The molecule has 1 amide bonds.